The number of carbonyl (C=O) groups is 1. The summed E-state index contributed by atoms with van der Waals surface area (Å²) in [4.78, 5) is 10.5. The first-order valence-corrected chi connectivity index (χ1v) is 7.73. The summed E-state index contributed by atoms with van der Waals surface area (Å²) in [5.74, 6) is -0.286. The van der Waals surface area contributed by atoms with Crippen LogP contribution in [0.1, 0.15) is 21.5 Å². The van der Waals surface area contributed by atoms with Gasteiger partial charge in [0.15, 0.2) is 0 Å². The minimum Gasteiger partial charge on any atom is -0.298 e. The number of hydrogen-bond acceptors (Lipinski definition) is 4. The largest absolute Gasteiger partial charge is 0.298 e. The molecule has 0 aliphatic rings. The maximum Gasteiger partial charge on any atom is 0.236 e. The fourth-order valence-corrected chi connectivity index (χ4v) is 3.03. The van der Waals surface area contributed by atoms with Crippen molar-refractivity contribution in [3.05, 3.63) is 65.2 Å². The lowest BCUT2D eigenvalue weighted by atomic mass is 10.1. The van der Waals surface area contributed by atoms with E-state index >= 15 is 0 Å². The molecule has 0 aromatic heterocycles. The predicted molar refractivity (Wildman–Crippen MR) is 79.2 cm³/mol. The first kappa shape index (κ1) is 14.8. The number of nitrogens with zero attached hydrogens (tertiary/aromatic N) is 1. The average Bonchev–Trinajstić information content (AvgIpc) is 2.47. The average molecular weight is 300 g/mol. The van der Waals surface area contributed by atoms with E-state index in [-0.39, 0.29) is 5.75 Å². The van der Waals surface area contributed by atoms with Crippen molar-refractivity contribution in [1.29, 1.82) is 5.26 Å². The van der Waals surface area contributed by atoms with Gasteiger partial charge in [0.25, 0.3) is 0 Å². The lowest BCUT2D eigenvalue weighted by Gasteiger charge is -2.09. The fraction of sp³-hybridized carbons (Fsp3) is 0.0667. The zero-order chi connectivity index (χ0) is 15.3. The molecule has 2 aromatic carbocycles. The zero-order valence-electron chi connectivity index (χ0n) is 11.0. The number of anilines is 1. The number of hydrogen-bond donors (Lipinski definition) is 1. The van der Waals surface area contributed by atoms with E-state index in [2.05, 4.69) is 4.72 Å². The summed E-state index contributed by atoms with van der Waals surface area (Å²) in [6.45, 7) is 0. The van der Waals surface area contributed by atoms with Crippen LogP contribution in [0, 0.1) is 11.3 Å². The molecule has 2 aromatic rings. The van der Waals surface area contributed by atoms with Gasteiger partial charge in [-0.05, 0) is 35.9 Å². The van der Waals surface area contributed by atoms with Crippen LogP contribution in [0.2, 0.25) is 0 Å². The number of aldehydes is 1. The summed E-state index contributed by atoms with van der Waals surface area (Å²) in [5.41, 5.74) is 1.61. The maximum atomic E-state index is 12.1. The Bertz CT molecular complexity index is 790. The highest BCUT2D eigenvalue weighted by Crippen LogP contribution is 2.15. The second-order valence-corrected chi connectivity index (χ2v) is 6.09. The summed E-state index contributed by atoms with van der Waals surface area (Å²) in [5, 5.41) is 8.96. The van der Waals surface area contributed by atoms with Gasteiger partial charge in [-0.1, -0.05) is 18.2 Å². The van der Waals surface area contributed by atoms with Crippen molar-refractivity contribution in [3.8, 4) is 6.07 Å². The molecule has 0 radical (unpaired) electrons. The smallest absolute Gasteiger partial charge is 0.236 e. The molecule has 0 bridgehead atoms. The van der Waals surface area contributed by atoms with Crippen molar-refractivity contribution in [2.75, 3.05) is 4.72 Å². The Hall–Kier alpha value is -2.65. The van der Waals surface area contributed by atoms with Gasteiger partial charge < -0.3 is 0 Å². The Morgan fingerprint density at radius 3 is 2.38 bits per heavy atom. The van der Waals surface area contributed by atoms with Crippen LogP contribution in [0.4, 0.5) is 5.69 Å². The summed E-state index contributed by atoms with van der Waals surface area (Å²) < 4.78 is 26.6. The molecule has 0 aliphatic carbocycles. The van der Waals surface area contributed by atoms with Gasteiger partial charge in [-0.25, -0.2) is 8.42 Å². The van der Waals surface area contributed by atoms with Gasteiger partial charge in [-0.15, -0.1) is 0 Å². The normalized spacial score (nSPS) is 10.6. The van der Waals surface area contributed by atoms with E-state index in [1.807, 2.05) is 6.07 Å². The first-order valence-electron chi connectivity index (χ1n) is 6.08. The Morgan fingerprint density at radius 2 is 1.76 bits per heavy atom. The van der Waals surface area contributed by atoms with Crippen LogP contribution < -0.4 is 4.72 Å². The second-order valence-electron chi connectivity index (χ2n) is 4.37. The minimum atomic E-state index is -3.63. The van der Waals surface area contributed by atoms with Crippen molar-refractivity contribution in [2.24, 2.45) is 0 Å². The number of nitrogens with one attached hydrogen (secondary N) is 1. The molecule has 0 unspecified atom stereocenters. The Kier molecular flexibility index (Phi) is 4.36. The van der Waals surface area contributed by atoms with Crippen LogP contribution in [0.15, 0.2) is 48.5 Å². The summed E-state index contributed by atoms with van der Waals surface area (Å²) in [6.07, 6.45) is 0.682. The van der Waals surface area contributed by atoms with Crippen LogP contribution in [-0.4, -0.2) is 14.7 Å². The molecule has 1 N–H and O–H groups in total. The minimum absolute atomic E-state index is 0.286. The van der Waals surface area contributed by atoms with Crippen LogP contribution in [0.25, 0.3) is 0 Å². The molecular weight excluding hydrogens is 288 g/mol. The van der Waals surface area contributed by atoms with Crippen LogP contribution in [0.3, 0.4) is 0 Å². The molecule has 0 fully saturated rings. The zero-order valence-corrected chi connectivity index (χ0v) is 11.8. The number of nitriles is 1. The monoisotopic (exact) mass is 300 g/mol. The Labute approximate surface area is 122 Å². The van der Waals surface area contributed by atoms with Crippen molar-refractivity contribution >= 4 is 22.0 Å². The molecule has 0 saturated carbocycles. The Balaban J connectivity index is 2.18. The van der Waals surface area contributed by atoms with Gasteiger partial charge in [0.1, 0.15) is 6.29 Å². The highest BCUT2D eigenvalue weighted by atomic mass is 32.2. The molecular formula is C15H12N2O3S. The standard InChI is InChI=1S/C15H12N2O3S/c16-9-13-3-1-2-4-14(13)11-21(19,20)17-15-7-5-12(10-18)6-8-15/h1-8,10,17H,11H2. The van der Waals surface area contributed by atoms with Crippen LogP contribution in [-0.2, 0) is 15.8 Å². The van der Waals surface area contributed by atoms with Gasteiger partial charge in [0, 0.05) is 11.3 Å². The lowest BCUT2D eigenvalue weighted by molar-refractivity contribution is 0.112. The van der Waals surface area contributed by atoms with Gasteiger partial charge >= 0.3 is 0 Å². The van der Waals surface area contributed by atoms with Crippen LogP contribution >= 0.6 is 0 Å². The van der Waals surface area contributed by atoms with Gasteiger partial charge in [-0.3, -0.25) is 9.52 Å². The summed E-state index contributed by atoms with van der Waals surface area (Å²) >= 11 is 0. The van der Waals surface area contributed by atoms with E-state index in [1.54, 1.807) is 24.3 Å². The maximum absolute atomic E-state index is 12.1. The third-order valence-electron chi connectivity index (χ3n) is 2.80. The highest BCUT2D eigenvalue weighted by molar-refractivity contribution is 7.91. The van der Waals surface area contributed by atoms with Crippen molar-refractivity contribution in [3.63, 3.8) is 0 Å². The molecule has 21 heavy (non-hydrogen) atoms. The van der Waals surface area contributed by atoms with Gasteiger partial charge in [-0.2, -0.15) is 5.26 Å². The van der Waals surface area contributed by atoms with E-state index in [9.17, 15) is 13.2 Å². The summed E-state index contributed by atoms with van der Waals surface area (Å²) in [7, 11) is -3.63. The van der Waals surface area contributed by atoms with Gasteiger partial charge in [0.05, 0.1) is 17.4 Å². The lowest BCUT2D eigenvalue weighted by Crippen LogP contribution is -2.15. The molecule has 0 saturated heterocycles. The number of rotatable bonds is 5. The van der Waals surface area contributed by atoms with Crippen LogP contribution in [0.5, 0.6) is 0 Å². The third-order valence-corrected chi connectivity index (χ3v) is 4.04. The number of carbonyl (C=O) groups excluding carboxylic acids is 1. The van der Waals surface area contributed by atoms with E-state index in [0.29, 0.717) is 28.7 Å². The molecule has 6 heteroatoms. The number of sulfonamides is 1. The second kappa shape index (κ2) is 6.20. The summed E-state index contributed by atoms with van der Waals surface area (Å²) in [6, 6.07) is 14.6. The molecule has 0 amide bonds. The molecule has 0 atom stereocenters. The predicted octanol–water partition coefficient (Wildman–Crippen LogP) is 2.31. The van der Waals surface area contributed by atoms with E-state index in [0.717, 1.165) is 0 Å². The molecule has 106 valence electrons. The van der Waals surface area contributed by atoms with Crippen molar-refractivity contribution in [2.45, 2.75) is 5.75 Å². The van der Waals surface area contributed by atoms with E-state index in [4.69, 9.17) is 5.26 Å². The van der Waals surface area contributed by atoms with Crippen molar-refractivity contribution in [1.82, 2.24) is 0 Å². The molecule has 2 rings (SSSR count). The third kappa shape index (κ3) is 3.91. The fourth-order valence-electron chi connectivity index (χ4n) is 1.81. The van der Waals surface area contributed by atoms with E-state index in [1.165, 1.54) is 24.3 Å². The first-order chi connectivity index (χ1) is 10.0. The quantitative estimate of drug-likeness (QED) is 0.858. The van der Waals surface area contributed by atoms with Crippen molar-refractivity contribution < 1.29 is 13.2 Å². The van der Waals surface area contributed by atoms with Gasteiger partial charge in [0.2, 0.25) is 10.0 Å². The highest BCUT2D eigenvalue weighted by Gasteiger charge is 2.14. The molecule has 0 aliphatic heterocycles. The topological polar surface area (TPSA) is 87.0 Å². The number of benzene rings is 2. The molecule has 0 spiro atoms. The molecule has 0 heterocycles. The van der Waals surface area contributed by atoms with E-state index < -0.39 is 10.0 Å². The molecule has 5 nitrogen and oxygen atoms in total. The Morgan fingerprint density at radius 1 is 1.10 bits per heavy atom. The SMILES string of the molecule is N#Cc1ccccc1CS(=O)(=O)Nc1ccc(C=O)cc1.